The van der Waals surface area contributed by atoms with Gasteiger partial charge in [-0.1, -0.05) is 38.1 Å². The summed E-state index contributed by atoms with van der Waals surface area (Å²) in [7, 11) is 0. The van der Waals surface area contributed by atoms with Gasteiger partial charge in [0.05, 0.1) is 5.56 Å². The first-order valence-electron chi connectivity index (χ1n) is 9.58. The number of rotatable bonds is 5. The van der Waals surface area contributed by atoms with Crippen LogP contribution in [0.15, 0.2) is 75.9 Å². The smallest absolute Gasteiger partial charge is 0.248 e. The topological polar surface area (TPSA) is 68.0 Å². The average molecular weight is 462 g/mol. The third-order valence-electron chi connectivity index (χ3n) is 4.64. The molecule has 2 aromatic carbocycles. The van der Waals surface area contributed by atoms with Gasteiger partial charge >= 0.3 is 0 Å². The van der Waals surface area contributed by atoms with E-state index in [2.05, 4.69) is 57.2 Å². The predicted molar refractivity (Wildman–Crippen MR) is 123 cm³/mol. The number of hydrogen-bond acceptors (Lipinski definition) is 4. The summed E-state index contributed by atoms with van der Waals surface area (Å²) in [4.78, 5) is 21.0. The zero-order valence-corrected chi connectivity index (χ0v) is 18.2. The molecule has 0 saturated carbocycles. The van der Waals surface area contributed by atoms with Crippen LogP contribution in [0.4, 0.5) is 5.69 Å². The van der Waals surface area contributed by atoms with Crippen molar-refractivity contribution >= 4 is 44.7 Å². The van der Waals surface area contributed by atoms with Crippen molar-refractivity contribution in [2.75, 3.05) is 5.32 Å². The second kappa shape index (κ2) is 8.63. The lowest BCUT2D eigenvalue weighted by Gasteiger charge is -2.04. The van der Waals surface area contributed by atoms with E-state index in [0.717, 1.165) is 15.6 Å². The van der Waals surface area contributed by atoms with Crippen LogP contribution in [0.25, 0.3) is 28.6 Å². The summed E-state index contributed by atoms with van der Waals surface area (Å²) < 4.78 is 6.65. The minimum absolute atomic E-state index is 0.206. The van der Waals surface area contributed by atoms with E-state index >= 15 is 0 Å². The fourth-order valence-corrected chi connectivity index (χ4v) is 3.37. The molecule has 1 amide bonds. The summed E-state index contributed by atoms with van der Waals surface area (Å²) in [5, 5.41) is 2.86. The molecule has 0 saturated heterocycles. The lowest BCUT2D eigenvalue weighted by molar-refractivity contribution is -0.111. The zero-order chi connectivity index (χ0) is 21.1. The average Bonchev–Trinajstić information content (AvgIpc) is 3.16. The zero-order valence-electron chi connectivity index (χ0n) is 16.6. The Balaban J connectivity index is 1.47. The second-order valence-corrected chi connectivity index (χ2v) is 8.15. The highest BCUT2D eigenvalue weighted by molar-refractivity contribution is 9.10. The van der Waals surface area contributed by atoms with Gasteiger partial charge in [-0.25, -0.2) is 4.98 Å². The quantitative estimate of drug-likeness (QED) is 0.347. The molecule has 30 heavy (non-hydrogen) atoms. The van der Waals surface area contributed by atoms with E-state index in [0.29, 0.717) is 28.6 Å². The molecule has 2 heterocycles. The Kier molecular flexibility index (Phi) is 5.77. The lowest BCUT2D eigenvalue weighted by Crippen LogP contribution is -2.07. The minimum Gasteiger partial charge on any atom is -0.436 e. The number of halogens is 1. The van der Waals surface area contributed by atoms with E-state index in [1.165, 1.54) is 11.6 Å². The first kappa shape index (κ1) is 20.0. The van der Waals surface area contributed by atoms with E-state index in [9.17, 15) is 4.79 Å². The number of carbonyl (C=O) groups is 1. The molecule has 5 nitrogen and oxygen atoms in total. The van der Waals surface area contributed by atoms with E-state index in [-0.39, 0.29) is 5.91 Å². The number of nitrogens with zero attached hydrogens (tertiary/aromatic N) is 2. The fourth-order valence-electron chi connectivity index (χ4n) is 3.01. The van der Waals surface area contributed by atoms with Gasteiger partial charge in [0.15, 0.2) is 5.58 Å². The van der Waals surface area contributed by atoms with Crippen molar-refractivity contribution in [2.24, 2.45) is 0 Å². The van der Waals surface area contributed by atoms with Gasteiger partial charge < -0.3 is 9.73 Å². The molecule has 0 fully saturated rings. The Morgan fingerprint density at radius 1 is 1.10 bits per heavy atom. The summed E-state index contributed by atoms with van der Waals surface area (Å²) >= 11 is 3.40. The minimum atomic E-state index is -0.206. The Labute approximate surface area is 183 Å². The van der Waals surface area contributed by atoms with Gasteiger partial charge in [0.25, 0.3) is 0 Å². The highest BCUT2D eigenvalue weighted by Crippen LogP contribution is 2.27. The standard InChI is InChI=1S/C24H20BrN3O2/c1-15(2)17-6-3-16(4-7-17)5-10-23(29)27-20-8-9-22-21(12-20)28-24(30-22)18-11-19(25)14-26-13-18/h3-15H,1-2H3,(H,27,29)/b10-5+. The van der Waals surface area contributed by atoms with Crippen LogP contribution < -0.4 is 5.32 Å². The number of pyridine rings is 1. The van der Waals surface area contributed by atoms with Crippen molar-refractivity contribution in [2.45, 2.75) is 19.8 Å². The summed E-state index contributed by atoms with van der Waals surface area (Å²) in [6, 6.07) is 15.5. The van der Waals surface area contributed by atoms with Gasteiger partial charge in [-0.15, -0.1) is 0 Å². The molecule has 4 rings (SSSR count). The number of benzene rings is 2. The predicted octanol–water partition coefficient (Wildman–Crippen LogP) is 6.43. The van der Waals surface area contributed by atoms with Crippen LogP contribution in [0.5, 0.6) is 0 Å². The van der Waals surface area contributed by atoms with Gasteiger partial charge in [0.1, 0.15) is 5.52 Å². The summed E-state index contributed by atoms with van der Waals surface area (Å²) in [6.45, 7) is 4.31. The fraction of sp³-hybridized carbons (Fsp3) is 0.125. The highest BCUT2D eigenvalue weighted by Gasteiger charge is 2.10. The number of carbonyl (C=O) groups excluding carboxylic acids is 1. The molecular weight excluding hydrogens is 442 g/mol. The van der Waals surface area contributed by atoms with Crippen molar-refractivity contribution in [1.29, 1.82) is 0 Å². The number of hydrogen-bond donors (Lipinski definition) is 1. The van der Waals surface area contributed by atoms with Gasteiger partial charge in [0, 0.05) is 28.6 Å². The van der Waals surface area contributed by atoms with Crippen molar-refractivity contribution in [3.63, 3.8) is 0 Å². The highest BCUT2D eigenvalue weighted by atomic mass is 79.9. The van der Waals surface area contributed by atoms with Gasteiger partial charge in [0.2, 0.25) is 11.8 Å². The summed E-state index contributed by atoms with van der Waals surface area (Å²) in [5.41, 5.74) is 4.99. The van der Waals surface area contributed by atoms with Crippen LogP contribution >= 0.6 is 15.9 Å². The molecule has 1 N–H and O–H groups in total. The molecule has 0 bridgehead atoms. The van der Waals surface area contributed by atoms with Crippen molar-refractivity contribution < 1.29 is 9.21 Å². The lowest BCUT2D eigenvalue weighted by atomic mass is 10.0. The molecule has 4 aromatic rings. The maximum atomic E-state index is 12.3. The molecule has 2 aromatic heterocycles. The third kappa shape index (κ3) is 4.66. The number of oxazole rings is 1. The Morgan fingerprint density at radius 2 is 1.90 bits per heavy atom. The molecule has 6 heteroatoms. The maximum absolute atomic E-state index is 12.3. The molecule has 0 aliphatic heterocycles. The number of fused-ring (bicyclic) bond motifs is 1. The summed E-state index contributed by atoms with van der Waals surface area (Å²) in [5.74, 6) is 0.757. The number of aromatic nitrogens is 2. The monoisotopic (exact) mass is 461 g/mol. The van der Waals surface area contributed by atoms with Gasteiger partial charge in [-0.2, -0.15) is 0 Å². The van der Waals surface area contributed by atoms with Crippen LogP contribution in [-0.2, 0) is 4.79 Å². The van der Waals surface area contributed by atoms with Crippen LogP contribution in [0, 0.1) is 0 Å². The second-order valence-electron chi connectivity index (χ2n) is 7.24. The van der Waals surface area contributed by atoms with Crippen molar-refractivity contribution in [3.05, 3.63) is 82.6 Å². The number of amides is 1. The van der Waals surface area contributed by atoms with Crippen LogP contribution in [-0.4, -0.2) is 15.9 Å². The third-order valence-corrected chi connectivity index (χ3v) is 5.07. The molecule has 0 atom stereocenters. The Morgan fingerprint density at radius 3 is 2.63 bits per heavy atom. The van der Waals surface area contributed by atoms with Crippen LogP contribution in [0.2, 0.25) is 0 Å². The number of nitrogens with one attached hydrogen (secondary N) is 1. The molecule has 0 aliphatic carbocycles. The molecule has 0 spiro atoms. The largest absolute Gasteiger partial charge is 0.436 e. The first-order chi connectivity index (χ1) is 14.5. The van der Waals surface area contributed by atoms with E-state index in [1.807, 2.05) is 18.2 Å². The first-order valence-corrected chi connectivity index (χ1v) is 10.4. The summed E-state index contributed by atoms with van der Waals surface area (Å²) in [6.07, 6.45) is 6.71. The van der Waals surface area contributed by atoms with E-state index < -0.39 is 0 Å². The van der Waals surface area contributed by atoms with E-state index in [1.54, 1.807) is 36.7 Å². The molecule has 0 unspecified atom stereocenters. The van der Waals surface area contributed by atoms with Crippen LogP contribution in [0.3, 0.4) is 0 Å². The van der Waals surface area contributed by atoms with Gasteiger partial charge in [-0.05, 0) is 63.3 Å². The normalized spacial score (nSPS) is 11.5. The SMILES string of the molecule is CC(C)c1ccc(/C=C/C(=O)Nc2ccc3oc(-c4cncc(Br)c4)nc3c2)cc1. The molecule has 0 aliphatic rings. The van der Waals surface area contributed by atoms with Crippen molar-refractivity contribution in [3.8, 4) is 11.5 Å². The van der Waals surface area contributed by atoms with Crippen LogP contribution in [0.1, 0.15) is 30.9 Å². The van der Waals surface area contributed by atoms with E-state index in [4.69, 9.17) is 4.42 Å². The number of anilines is 1. The molecule has 0 radical (unpaired) electrons. The Bertz CT molecular complexity index is 1230. The maximum Gasteiger partial charge on any atom is 0.248 e. The molecule has 150 valence electrons. The van der Waals surface area contributed by atoms with Gasteiger partial charge in [-0.3, -0.25) is 9.78 Å². The Hall–Kier alpha value is -3.25. The van der Waals surface area contributed by atoms with Crippen molar-refractivity contribution in [1.82, 2.24) is 9.97 Å². The molecular formula is C24H20BrN3O2.